The Balaban J connectivity index is 1.31. The van der Waals surface area contributed by atoms with Crippen LogP contribution in [0.1, 0.15) is 43.2 Å². The number of likely N-dealkylation sites (N-methyl/N-ethyl adjacent to an activating group) is 1. The first-order valence-electron chi connectivity index (χ1n) is 14.8. The molecule has 1 fully saturated rings. The number of hydrogen-bond donors (Lipinski definition) is 2. The zero-order valence-electron chi connectivity index (χ0n) is 24.4. The largest absolute Gasteiger partial charge is 0.325 e. The maximum atomic E-state index is 14.1. The smallest absolute Gasteiger partial charge is 0.272 e. The van der Waals surface area contributed by atoms with Gasteiger partial charge in [-0.05, 0) is 42.2 Å². The molecular weight excluding hydrogens is 572 g/mol. The summed E-state index contributed by atoms with van der Waals surface area (Å²) in [6.45, 7) is 0. The van der Waals surface area contributed by atoms with Crippen LogP contribution < -0.4 is 14.9 Å². The number of amides is 2. The minimum atomic E-state index is -4.07. The summed E-state index contributed by atoms with van der Waals surface area (Å²) >= 11 is 0. The first-order valence-corrected chi connectivity index (χ1v) is 16.3. The zero-order chi connectivity index (χ0) is 30.7. The number of rotatable bonds is 7. The summed E-state index contributed by atoms with van der Waals surface area (Å²) in [6.07, 6.45) is 1.61. The van der Waals surface area contributed by atoms with Crippen LogP contribution in [0.4, 0.5) is 5.69 Å². The SMILES string of the molecule is CN1C(=O)C(NC(=O)C2(NS(=O)(=O)c3ccc(-c4ccccc4)cc3)CCCCC2)N=C(c2ccccc2)c2ccccc21. The predicted octanol–water partition coefficient (Wildman–Crippen LogP) is 5.29. The number of fused-ring (bicyclic) bond motifs is 1. The lowest BCUT2D eigenvalue weighted by molar-refractivity contribution is -0.132. The fourth-order valence-electron chi connectivity index (χ4n) is 6.01. The van der Waals surface area contributed by atoms with Crippen LogP contribution in [0.2, 0.25) is 0 Å². The number of benzodiazepines with no additional fused rings is 1. The summed E-state index contributed by atoms with van der Waals surface area (Å²) in [6, 6.07) is 33.3. The Kier molecular flexibility index (Phi) is 8.16. The Labute approximate surface area is 257 Å². The van der Waals surface area contributed by atoms with Crippen molar-refractivity contribution in [2.24, 2.45) is 4.99 Å². The molecule has 1 atom stereocenters. The molecule has 0 aromatic heterocycles. The van der Waals surface area contributed by atoms with Crippen molar-refractivity contribution in [3.8, 4) is 11.1 Å². The molecule has 2 aliphatic rings. The van der Waals surface area contributed by atoms with Gasteiger partial charge in [0.2, 0.25) is 22.1 Å². The lowest BCUT2D eigenvalue weighted by Gasteiger charge is -2.37. The van der Waals surface area contributed by atoms with Crippen molar-refractivity contribution in [2.45, 2.75) is 48.7 Å². The van der Waals surface area contributed by atoms with Gasteiger partial charge in [0, 0.05) is 18.2 Å². The third kappa shape index (κ3) is 5.80. The number of anilines is 1. The van der Waals surface area contributed by atoms with Crippen molar-refractivity contribution in [2.75, 3.05) is 11.9 Å². The number of aliphatic imine (C=N–C) groups is 1. The predicted molar refractivity (Wildman–Crippen MR) is 172 cm³/mol. The van der Waals surface area contributed by atoms with Crippen molar-refractivity contribution in [1.82, 2.24) is 10.0 Å². The van der Waals surface area contributed by atoms with E-state index >= 15 is 0 Å². The van der Waals surface area contributed by atoms with Crippen LogP contribution in [0, 0.1) is 0 Å². The molecule has 4 aromatic carbocycles. The molecule has 1 unspecified atom stereocenters. The lowest BCUT2D eigenvalue weighted by atomic mass is 9.82. The second-order valence-corrected chi connectivity index (χ2v) is 13.0. The van der Waals surface area contributed by atoms with Crippen LogP contribution >= 0.6 is 0 Å². The minimum Gasteiger partial charge on any atom is -0.325 e. The van der Waals surface area contributed by atoms with Gasteiger partial charge >= 0.3 is 0 Å². The van der Waals surface area contributed by atoms with Crippen LogP contribution in [0.25, 0.3) is 11.1 Å². The molecule has 44 heavy (non-hydrogen) atoms. The molecule has 224 valence electrons. The number of sulfonamides is 1. The quantitative estimate of drug-likeness (QED) is 0.298. The number of nitrogens with zero attached hydrogens (tertiary/aromatic N) is 2. The molecule has 1 aliphatic heterocycles. The molecule has 0 radical (unpaired) electrons. The van der Waals surface area contributed by atoms with E-state index in [9.17, 15) is 18.0 Å². The highest BCUT2D eigenvalue weighted by molar-refractivity contribution is 7.89. The van der Waals surface area contributed by atoms with E-state index < -0.39 is 33.5 Å². The van der Waals surface area contributed by atoms with E-state index in [1.807, 2.05) is 84.9 Å². The maximum Gasteiger partial charge on any atom is 0.272 e. The van der Waals surface area contributed by atoms with Gasteiger partial charge in [-0.3, -0.25) is 9.59 Å². The van der Waals surface area contributed by atoms with Gasteiger partial charge in [0.05, 0.1) is 16.3 Å². The summed E-state index contributed by atoms with van der Waals surface area (Å²) in [4.78, 5) is 34.2. The summed E-state index contributed by atoms with van der Waals surface area (Å²) in [5, 5.41) is 2.84. The number of nitrogens with one attached hydrogen (secondary N) is 2. The summed E-state index contributed by atoms with van der Waals surface area (Å²) in [5.41, 5.74) is 3.25. The van der Waals surface area contributed by atoms with E-state index in [4.69, 9.17) is 4.99 Å². The molecule has 0 bridgehead atoms. The molecule has 1 aliphatic carbocycles. The van der Waals surface area contributed by atoms with E-state index in [2.05, 4.69) is 10.0 Å². The Bertz CT molecular complexity index is 1800. The number of carbonyl (C=O) groups is 2. The van der Waals surface area contributed by atoms with Gasteiger partial charge in [0.25, 0.3) is 5.91 Å². The lowest BCUT2D eigenvalue weighted by Crippen LogP contribution is -2.62. The standard InChI is InChI=1S/C35H34N4O4S/c1-39-30-18-10-9-17-29(30)31(27-15-7-3-8-16-27)36-32(33(39)40)37-34(41)35(23-11-4-12-24-35)38-44(42,43)28-21-19-26(20-22-28)25-13-5-2-6-14-25/h2-3,5-10,13-22,32,38H,4,11-12,23-24H2,1H3,(H,37,41). The van der Waals surface area contributed by atoms with E-state index in [0.717, 1.165) is 28.7 Å². The second-order valence-electron chi connectivity index (χ2n) is 11.3. The summed E-state index contributed by atoms with van der Waals surface area (Å²) in [5.74, 6) is -0.974. The van der Waals surface area contributed by atoms with Gasteiger partial charge in [0.15, 0.2) is 0 Å². The first kappa shape index (κ1) is 29.5. The van der Waals surface area contributed by atoms with Gasteiger partial charge in [-0.15, -0.1) is 0 Å². The molecule has 1 saturated carbocycles. The van der Waals surface area contributed by atoms with Crippen molar-refractivity contribution < 1.29 is 18.0 Å². The third-order valence-corrected chi connectivity index (χ3v) is 9.95. The monoisotopic (exact) mass is 606 g/mol. The Hall–Kier alpha value is -4.60. The topological polar surface area (TPSA) is 108 Å². The minimum absolute atomic E-state index is 0.0695. The zero-order valence-corrected chi connectivity index (χ0v) is 25.3. The highest BCUT2D eigenvalue weighted by Crippen LogP contribution is 2.32. The molecule has 6 rings (SSSR count). The number of hydrogen-bond acceptors (Lipinski definition) is 5. The van der Waals surface area contributed by atoms with E-state index in [-0.39, 0.29) is 4.90 Å². The van der Waals surface area contributed by atoms with Crippen molar-refractivity contribution in [1.29, 1.82) is 0 Å². The molecule has 2 amide bonds. The highest BCUT2D eigenvalue weighted by Gasteiger charge is 2.45. The van der Waals surface area contributed by atoms with Crippen molar-refractivity contribution >= 4 is 33.2 Å². The third-order valence-electron chi connectivity index (χ3n) is 8.40. The molecule has 4 aromatic rings. The van der Waals surface area contributed by atoms with Gasteiger partial charge in [0.1, 0.15) is 5.54 Å². The van der Waals surface area contributed by atoms with Gasteiger partial charge in [-0.1, -0.05) is 110 Å². The molecular formula is C35H34N4O4S. The molecule has 1 heterocycles. The number of carbonyl (C=O) groups excluding carboxylic acids is 2. The van der Waals surface area contributed by atoms with Crippen LogP contribution in [0.5, 0.6) is 0 Å². The Morgan fingerprint density at radius 3 is 2.00 bits per heavy atom. The molecule has 0 saturated heterocycles. The fraction of sp³-hybridized carbons (Fsp3) is 0.229. The first-order chi connectivity index (χ1) is 21.3. The average molecular weight is 607 g/mol. The van der Waals surface area contributed by atoms with Crippen LogP contribution in [-0.2, 0) is 19.6 Å². The molecule has 9 heteroatoms. The fourth-order valence-corrected chi connectivity index (χ4v) is 7.43. The molecule has 2 N–H and O–H groups in total. The van der Waals surface area contributed by atoms with Gasteiger partial charge in [-0.25, -0.2) is 13.4 Å². The van der Waals surface area contributed by atoms with Crippen LogP contribution in [-0.4, -0.2) is 44.7 Å². The summed E-state index contributed by atoms with van der Waals surface area (Å²) in [7, 11) is -2.42. The maximum absolute atomic E-state index is 14.1. The number of para-hydroxylation sites is 1. The Morgan fingerprint density at radius 2 is 1.34 bits per heavy atom. The molecule has 8 nitrogen and oxygen atoms in total. The van der Waals surface area contributed by atoms with Crippen molar-refractivity contribution in [3.63, 3.8) is 0 Å². The average Bonchev–Trinajstić information content (AvgIpc) is 3.16. The summed E-state index contributed by atoms with van der Waals surface area (Å²) < 4.78 is 30.2. The highest BCUT2D eigenvalue weighted by atomic mass is 32.2. The van der Waals surface area contributed by atoms with Gasteiger partial charge < -0.3 is 10.2 Å². The second kappa shape index (κ2) is 12.2. The normalized spacial score (nSPS) is 18.1. The van der Waals surface area contributed by atoms with Crippen molar-refractivity contribution in [3.05, 3.63) is 120 Å². The molecule has 0 spiro atoms. The van der Waals surface area contributed by atoms with E-state index in [1.54, 1.807) is 31.3 Å². The van der Waals surface area contributed by atoms with Crippen LogP contribution in [0.15, 0.2) is 119 Å². The van der Waals surface area contributed by atoms with Crippen LogP contribution in [0.3, 0.4) is 0 Å². The van der Waals surface area contributed by atoms with E-state index in [0.29, 0.717) is 37.1 Å². The van der Waals surface area contributed by atoms with Gasteiger partial charge in [-0.2, -0.15) is 4.72 Å². The van der Waals surface area contributed by atoms with E-state index in [1.165, 1.54) is 4.90 Å². The number of benzene rings is 4. The Morgan fingerprint density at radius 1 is 0.773 bits per heavy atom.